The number of carbonyl (C=O) groups is 16. The number of aliphatic carboxylic acids is 1. The van der Waals surface area contributed by atoms with Gasteiger partial charge in [-0.2, -0.15) is 0 Å². The molecule has 0 spiro atoms. The van der Waals surface area contributed by atoms with E-state index in [4.69, 9.17) is 19.9 Å². The Morgan fingerprint density at radius 2 is 1.09 bits per heavy atom. The number of nitrogens with zero attached hydrogens (tertiary/aromatic N) is 5. The second-order valence-electron chi connectivity index (χ2n) is 34.8. The largest absolute Gasteiger partial charge is 0.508 e. The van der Waals surface area contributed by atoms with Gasteiger partial charge in [0.1, 0.15) is 90.0 Å². The van der Waals surface area contributed by atoms with E-state index in [2.05, 4.69) is 52.8 Å². The van der Waals surface area contributed by atoms with Crippen LogP contribution < -0.4 is 58.3 Å². The molecule has 0 radical (unpaired) electrons. The number of aliphatic hydroxyl groups excluding tert-OH is 1. The summed E-state index contributed by atoms with van der Waals surface area (Å²) in [4.78, 5) is 248. The molecule has 0 bridgehead atoms. The zero-order valence-corrected chi connectivity index (χ0v) is 79.0. The zero-order chi connectivity index (χ0) is 101. The third kappa shape index (κ3) is 29.5. The number of benzene rings is 6. The number of hydrogen-bond donors (Lipinski definition) is 14. The van der Waals surface area contributed by atoms with Gasteiger partial charge < -0.3 is 113 Å². The van der Waals surface area contributed by atoms with Crippen molar-refractivity contribution in [1.29, 1.82) is 0 Å². The summed E-state index contributed by atoms with van der Waals surface area (Å²) in [7, 11) is 6.35. The summed E-state index contributed by atoms with van der Waals surface area (Å²) in [5.41, 5.74) is 7.83. The Bertz CT molecular complexity index is 5510. The number of carboxylic acids is 1. The van der Waals surface area contributed by atoms with E-state index in [-0.39, 0.29) is 82.4 Å². The maximum absolute atomic E-state index is 15.9. The first-order valence-electron chi connectivity index (χ1n) is 45.5. The molecular formula is C97H119F3N16O22S. The summed E-state index contributed by atoms with van der Waals surface area (Å²) >= 11 is 0.646. The summed E-state index contributed by atoms with van der Waals surface area (Å²) in [5.74, 6) is -24.3. The number of carbonyl (C=O) groups excluding carboxylic acids is 15. The molecule has 0 unspecified atom stereocenters. The number of phenols is 1. The summed E-state index contributed by atoms with van der Waals surface area (Å²) in [6, 6.07) is 14.4. The van der Waals surface area contributed by atoms with Gasteiger partial charge >= 0.3 is 5.97 Å². The number of H-pyrrole nitrogens is 1. The molecule has 14 atom stereocenters. The lowest BCUT2D eigenvalue weighted by Gasteiger charge is -2.38. The quantitative estimate of drug-likeness (QED) is 0.0359. The molecule has 15 N–H and O–H groups in total. The first-order valence-corrected chi connectivity index (χ1v) is 46.6. The summed E-state index contributed by atoms with van der Waals surface area (Å²) in [5, 5.41) is 56.5. The van der Waals surface area contributed by atoms with Gasteiger partial charge in [-0.05, 0) is 94.6 Å². The second-order valence-corrected chi connectivity index (χ2v) is 35.8. The SMILES string of the molecule is CCCC[C@H]1C(=O)N2C[C@H](O)C[C@@H]2C(=O)N[C@@H](CC(=O)O)C(=O)N[C@@H](C(C)C)C(=O)N(C)[C@@H](Cc2ccccc2)C(=O)N[C@@H](Cc2ccc(O)cc2)C(=O)N2CCOC[C@@H]2C(=O)N[C@H](Cc2c[nH]c3ccccc23)C(=O)N[C@@H](Cc2ccc(OC)cc2)C(=O)N[C@@H](CCOC)C(=O)N[C@H](C(=O)NCC(N)=O)CSCC(=O)N[C@@H](Cc2cc(F)c(F)c(F)c2)C(=O)N(C)[C@@H](Cc2ccccc2)C(=O)N1C. The van der Waals surface area contributed by atoms with Crippen LogP contribution in [-0.4, -0.2) is 310 Å². The number of morpholine rings is 1. The number of fused-ring (bicyclic) bond motifs is 3. The fraction of sp³-hybridized carbons (Fsp3) is 0.443. The van der Waals surface area contributed by atoms with Crippen LogP contribution in [0.5, 0.6) is 11.5 Å². The molecule has 3 aliphatic rings. The molecule has 3 fully saturated rings. The average molecular weight is 1950 g/mol. The van der Waals surface area contributed by atoms with Crippen molar-refractivity contribution in [3.05, 3.63) is 203 Å². The van der Waals surface area contributed by atoms with Crippen molar-refractivity contribution in [2.45, 2.75) is 182 Å². The maximum Gasteiger partial charge on any atom is 0.305 e. The molecule has 38 nitrogen and oxygen atoms in total. The molecule has 6 aromatic carbocycles. The number of amides is 15. The van der Waals surface area contributed by atoms with Crippen LogP contribution in [0.15, 0.2) is 152 Å². The van der Waals surface area contributed by atoms with Crippen molar-refractivity contribution >= 4 is 117 Å². The maximum atomic E-state index is 15.9. The number of thioether (sulfide) groups is 1. The molecule has 0 aliphatic carbocycles. The molecule has 7 aromatic rings. The van der Waals surface area contributed by atoms with E-state index < -0.39 is 253 Å². The minimum Gasteiger partial charge on any atom is -0.508 e. The number of carboxylic acid groups (broad SMARTS) is 1. The van der Waals surface area contributed by atoms with E-state index in [9.17, 15) is 43.7 Å². The average Bonchev–Trinajstić information content (AvgIpc) is 1.23. The van der Waals surface area contributed by atoms with Crippen molar-refractivity contribution in [3.8, 4) is 11.5 Å². The summed E-state index contributed by atoms with van der Waals surface area (Å²) in [6.07, 6.45) is -3.76. The molecule has 139 heavy (non-hydrogen) atoms. The van der Waals surface area contributed by atoms with Gasteiger partial charge in [0, 0.05) is 116 Å². The standard InChI is InChI=1S/C97H119F3N16O22S/c1-9-10-25-75-96(134)116-50-62(118)46-77(116)91(129)108-71(47-82(121)122)89(127)111-84(54(2)3)97(135)113(5)76(43-55-19-13-11-14-20-55)90(128)109-73(41-57-26-30-61(117)31-27-57)94(132)115-35-37-138-51-79(115)92(130)107-70(45-60-48-102-67-24-18-17-23-64(60)67)88(126)106-69(40-58-28-32-63(137-8)33-29-58)87(125)105-68(34-36-136-7)86(124)110-74(85(123)103-49-80(101)119)52-139-53-81(120)104-72(42-59-38-65(98)83(100)66(99)39-59)93(131)114(6)78(95(133)112(75)4)44-56-21-15-12-16-22-56/h11-24,26-33,38-39,48,54,62,68-79,84,102,117-118H,9-10,25,34-37,40-47,49-53H2,1-8H3,(H2,101,119)(H,103,123)(H,104,120)(H,105,125)(H,106,126)(H,107,130)(H,108,129)(H,109,128)(H,110,124)(H,111,127)(H,121,122)/t62-,68+,69+,70-,71+,72+,73+,74+,75+,76+,77-,78+,79-,84+/m1/s1. The van der Waals surface area contributed by atoms with Gasteiger partial charge in [0.25, 0.3) is 0 Å². The van der Waals surface area contributed by atoms with Gasteiger partial charge in [0.2, 0.25) is 88.6 Å². The predicted molar refractivity (Wildman–Crippen MR) is 501 cm³/mol. The third-order valence-electron chi connectivity index (χ3n) is 24.4. The first-order chi connectivity index (χ1) is 66.3. The number of aromatic nitrogens is 1. The van der Waals surface area contributed by atoms with Crippen LogP contribution in [0.4, 0.5) is 13.2 Å². The van der Waals surface area contributed by atoms with Gasteiger partial charge in [-0.25, -0.2) is 13.2 Å². The minimum absolute atomic E-state index is 0.138. The first kappa shape index (κ1) is 107. The van der Waals surface area contributed by atoms with E-state index in [1.54, 1.807) is 122 Å². The number of unbranched alkanes of at least 4 members (excludes halogenated alkanes) is 1. The van der Waals surface area contributed by atoms with Crippen LogP contribution in [0.1, 0.15) is 92.7 Å². The van der Waals surface area contributed by atoms with Crippen LogP contribution in [-0.2, 0) is 125 Å². The van der Waals surface area contributed by atoms with Crippen molar-refractivity contribution < 1.29 is 119 Å². The number of para-hydroxylation sites is 1. The molecule has 4 heterocycles. The van der Waals surface area contributed by atoms with Crippen LogP contribution >= 0.6 is 11.8 Å². The monoisotopic (exact) mass is 1950 g/mol. The molecule has 1 aromatic heterocycles. The van der Waals surface area contributed by atoms with Crippen LogP contribution in [0, 0.1) is 23.4 Å². The Morgan fingerprint density at radius 3 is 1.71 bits per heavy atom. The highest BCUT2D eigenvalue weighted by Crippen LogP contribution is 2.29. The van der Waals surface area contributed by atoms with Gasteiger partial charge in [0.15, 0.2) is 17.5 Å². The Balaban J connectivity index is 1.07. The lowest BCUT2D eigenvalue weighted by atomic mass is 9.98. The molecule has 0 saturated carbocycles. The number of phenolic OH excluding ortho intramolecular Hbond substituents is 1. The molecule has 42 heteroatoms. The number of halogens is 3. The number of aromatic amines is 1. The lowest BCUT2D eigenvalue weighted by Crippen LogP contribution is -2.64. The Kier molecular flexibility index (Phi) is 39.2. The number of methoxy groups -OCH3 is 2. The fourth-order valence-corrected chi connectivity index (χ4v) is 17.6. The molecule has 3 saturated heterocycles. The van der Waals surface area contributed by atoms with Gasteiger partial charge in [-0.1, -0.05) is 137 Å². The molecule has 3 aliphatic heterocycles. The van der Waals surface area contributed by atoms with E-state index in [0.717, 1.165) is 31.5 Å². The third-order valence-corrected chi connectivity index (χ3v) is 25.5. The predicted octanol–water partition coefficient (Wildman–Crippen LogP) is 1.31. The van der Waals surface area contributed by atoms with E-state index in [1.807, 2.05) is 0 Å². The highest BCUT2D eigenvalue weighted by atomic mass is 32.2. The highest BCUT2D eigenvalue weighted by molar-refractivity contribution is 8.00. The number of aromatic hydroxyl groups is 1. The number of aliphatic hydroxyl groups is 1. The van der Waals surface area contributed by atoms with Crippen molar-refractivity contribution in [3.63, 3.8) is 0 Å². The molecule has 10 rings (SSSR count). The normalized spacial score (nSPS) is 23.6. The summed E-state index contributed by atoms with van der Waals surface area (Å²) in [6.45, 7) is 2.23. The number of primary amides is 1. The van der Waals surface area contributed by atoms with Gasteiger partial charge in [-0.15, -0.1) is 11.8 Å². The lowest BCUT2D eigenvalue weighted by molar-refractivity contribution is -0.152. The van der Waals surface area contributed by atoms with Crippen molar-refractivity contribution in [2.24, 2.45) is 11.7 Å². The summed E-state index contributed by atoms with van der Waals surface area (Å²) < 4.78 is 61.9. The molecule has 15 amide bonds. The minimum atomic E-state index is -2.05. The van der Waals surface area contributed by atoms with Crippen LogP contribution in [0.25, 0.3) is 10.9 Å². The number of rotatable bonds is 25. The van der Waals surface area contributed by atoms with Crippen LogP contribution in [0.2, 0.25) is 0 Å². The van der Waals surface area contributed by atoms with E-state index >= 15 is 61.5 Å². The van der Waals surface area contributed by atoms with Gasteiger partial charge in [-0.3, -0.25) is 76.7 Å². The number of likely N-dealkylation sites (N-methyl/N-ethyl adjacent to an activating group) is 3. The second kappa shape index (κ2) is 50.9. The van der Waals surface area contributed by atoms with Gasteiger partial charge in [0.05, 0.1) is 45.1 Å². The van der Waals surface area contributed by atoms with E-state index in [1.165, 1.54) is 66.4 Å². The smallest absolute Gasteiger partial charge is 0.305 e. The number of nitrogens with one attached hydrogen (secondary N) is 10. The Hall–Kier alpha value is -14.0. The molecule has 746 valence electrons. The highest BCUT2D eigenvalue weighted by Gasteiger charge is 2.48. The van der Waals surface area contributed by atoms with E-state index in [0.29, 0.717) is 74.8 Å². The number of nitrogens with two attached hydrogens (primary N) is 1. The molecular weight excluding hydrogens is 1830 g/mol. The Morgan fingerprint density at radius 1 is 0.554 bits per heavy atom. The Labute approximate surface area is 804 Å². The number of hydrogen-bond acceptors (Lipinski definition) is 22. The van der Waals surface area contributed by atoms with Crippen molar-refractivity contribution in [2.75, 3.05) is 86.3 Å². The zero-order valence-electron chi connectivity index (χ0n) is 78.2. The van der Waals surface area contributed by atoms with Crippen molar-refractivity contribution in [1.82, 2.24) is 77.3 Å². The topological polar surface area (TPSA) is 528 Å². The number of ether oxygens (including phenoxy) is 3. The van der Waals surface area contributed by atoms with Crippen LogP contribution in [0.3, 0.4) is 0 Å². The fourth-order valence-electron chi connectivity index (χ4n) is 16.7.